The monoisotopic (exact) mass is 245 g/mol. The second kappa shape index (κ2) is 7.52. The number of amides is 1. The predicted octanol–water partition coefficient (Wildman–Crippen LogP) is 1.95. The summed E-state index contributed by atoms with van der Waals surface area (Å²) < 4.78 is 0. The highest BCUT2D eigenvalue weighted by Crippen LogP contribution is 2.05. The third kappa shape index (κ3) is 4.23. The number of rotatable bonds is 4. The summed E-state index contributed by atoms with van der Waals surface area (Å²) in [6.45, 7) is 3.96. The molecule has 2 N–H and O–H groups in total. The van der Waals surface area contributed by atoms with E-state index < -0.39 is 0 Å². The fourth-order valence-electron chi connectivity index (χ4n) is 1.61. The molecule has 0 unspecified atom stereocenters. The Labute approximate surface area is 108 Å². The zero-order valence-corrected chi connectivity index (χ0v) is 10.9. The van der Waals surface area contributed by atoms with Crippen LogP contribution in [0.1, 0.15) is 42.6 Å². The first kappa shape index (κ1) is 14.3. The third-order valence-corrected chi connectivity index (χ3v) is 2.78. The number of nitrogens with one attached hydrogen (secondary N) is 1. The van der Waals surface area contributed by atoms with Crippen molar-refractivity contribution in [1.29, 1.82) is 0 Å². The fraction of sp³-hybridized carbons (Fsp3) is 0.400. The third-order valence-electron chi connectivity index (χ3n) is 2.78. The van der Waals surface area contributed by atoms with Gasteiger partial charge in [0.15, 0.2) is 0 Å². The van der Waals surface area contributed by atoms with Crippen molar-refractivity contribution in [1.82, 2.24) is 5.32 Å². The van der Waals surface area contributed by atoms with Crippen LogP contribution in [0.25, 0.3) is 0 Å². The summed E-state index contributed by atoms with van der Waals surface area (Å²) in [5, 5.41) is 11.6. The Balaban J connectivity index is 2.70. The van der Waals surface area contributed by atoms with Crippen LogP contribution < -0.4 is 5.32 Å². The predicted molar refractivity (Wildman–Crippen MR) is 72.2 cm³/mol. The molecule has 96 valence electrons. The summed E-state index contributed by atoms with van der Waals surface area (Å²) in [4.78, 5) is 11.9. The van der Waals surface area contributed by atoms with Crippen LogP contribution in [0.2, 0.25) is 0 Å². The molecule has 1 amide bonds. The van der Waals surface area contributed by atoms with Gasteiger partial charge in [-0.05, 0) is 37.1 Å². The Bertz CT molecular complexity index is 436. The van der Waals surface area contributed by atoms with E-state index in [2.05, 4.69) is 31.0 Å². The van der Waals surface area contributed by atoms with Crippen molar-refractivity contribution in [2.75, 3.05) is 6.61 Å². The van der Waals surface area contributed by atoms with E-state index in [4.69, 9.17) is 5.11 Å². The second-order valence-corrected chi connectivity index (χ2v) is 4.02. The lowest BCUT2D eigenvalue weighted by Crippen LogP contribution is -2.33. The number of carbonyl (C=O) groups is 1. The van der Waals surface area contributed by atoms with Crippen molar-refractivity contribution in [3.63, 3.8) is 0 Å². The van der Waals surface area contributed by atoms with Gasteiger partial charge in [0.2, 0.25) is 0 Å². The summed E-state index contributed by atoms with van der Waals surface area (Å²) >= 11 is 0. The fourth-order valence-corrected chi connectivity index (χ4v) is 1.61. The lowest BCUT2D eigenvalue weighted by atomic mass is 10.1. The highest BCUT2D eigenvalue weighted by molar-refractivity contribution is 5.94. The van der Waals surface area contributed by atoms with E-state index >= 15 is 0 Å². The molecule has 0 aliphatic rings. The van der Waals surface area contributed by atoms with Crippen LogP contribution in [-0.4, -0.2) is 23.7 Å². The van der Waals surface area contributed by atoms with Crippen LogP contribution in [0.3, 0.4) is 0 Å². The number of aliphatic hydroxyl groups is 1. The summed E-state index contributed by atoms with van der Waals surface area (Å²) in [6.07, 6.45) is 1.87. The maximum Gasteiger partial charge on any atom is 0.251 e. The molecular weight excluding hydrogens is 226 g/mol. The average molecular weight is 245 g/mol. The van der Waals surface area contributed by atoms with Crippen LogP contribution in [0.4, 0.5) is 0 Å². The SMILES string of the molecule is CCC(CC)NC(=O)c1ccc(C#CCO)cc1. The summed E-state index contributed by atoms with van der Waals surface area (Å²) in [6, 6.07) is 7.29. The second-order valence-electron chi connectivity index (χ2n) is 4.02. The molecule has 1 rings (SSSR count). The standard InChI is InChI=1S/C15H19NO2/c1-3-14(4-2)16-15(18)13-9-7-12(8-10-13)6-5-11-17/h7-10,14,17H,3-4,11H2,1-2H3,(H,16,18). The zero-order valence-electron chi connectivity index (χ0n) is 10.9. The molecule has 0 saturated carbocycles. The molecule has 0 radical (unpaired) electrons. The van der Waals surface area contributed by atoms with E-state index in [9.17, 15) is 4.79 Å². The smallest absolute Gasteiger partial charge is 0.251 e. The van der Waals surface area contributed by atoms with Crippen molar-refractivity contribution in [2.45, 2.75) is 32.7 Å². The van der Waals surface area contributed by atoms with Gasteiger partial charge in [-0.1, -0.05) is 25.7 Å². The summed E-state index contributed by atoms with van der Waals surface area (Å²) in [7, 11) is 0. The van der Waals surface area contributed by atoms with E-state index in [-0.39, 0.29) is 18.6 Å². The Kier molecular flexibility index (Phi) is 5.96. The van der Waals surface area contributed by atoms with E-state index in [1.165, 1.54) is 0 Å². The normalized spacial score (nSPS) is 9.78. The van der Waals surface area contributed by atoms with E-state index in [1.807, 2.05) is 0 Å². The molecule has 0 spiro atoms. The maximum absolute atomic E-state index is 11.9. The first-order chi connectivity index (χ1) is 8.71. The van der Waals surface area contributed by atoms with Crippen LogP contribution in [-0.2, 0) is 0 Å². The first-order valence-corrected chi connectivity index (χ1v) is 6.21. The molecule has 0 aliphatic carbocycles. The zero-order chi connectivity index (χ0) is 13.4. The molecule has 0 atom stereocenters. The van der Waals surface area contributed by atoms with Crippen molar-refractivity contribution in [3.8, 4) is 11.8 Å². The van der Waals surface area contributed by atoms with E-state index in [0.717, 1.165) is 18.4 Å². The topological polar surface area (TPSA) is 49.3 Å². The molecule has 0 saturated heterocycles. The Morgan fingerprint density at radius 1 is 1.28 bits per heavy atom. The highest BCUT2D eigenvalue weighted by Gasteiger charge is 2.09. The molecule has 1 aromatic rings. The number of hydrogen-bond acceptors (Lipinski definition) is 2. The molecule has 3 nitrogen and oxygen atoms in total. The van der Waals surface area contributed by atoms with Gasteiger partial charge in [0.1, 0.15) is 6.61 Å². The summed E-state index contributed by atoms with van der Waals surface area (Å²) in [5.41, 5.74) is 1.43. The number of aliphatic hydroxyl groups excluding tert-OH is 1. The van der Waals surface area contributed by atoms with Crippen molar-refractivity contribution in [2.24, 2.45) is 0 Å². The molecule has 3 heteroatoms. The highest BCUT2D eigenvalue weighted by atomic mass is 16.2. The molecule has 0 aromatic heterocycles. The molecule has 0 fully saturated rings. The van der Waals surface area contributed by atoms with Gasteiger partial charge in [0.05, 0.1) is 0 Å². The molecule has 18 heavy (non-hydrogen) atoms. The quantitative estimate of drug-likeness (QED) is 0.797. The van der Waals surface area contributed by atoms with Crippen LogP contribution in [0.5, 0.6) is 0 Å². The Morgan fingerprint density at radius 2 is 1.89 bits per heavy atom. The lowest BCUT2D eigenvalue weighted by molar-refractivity contribution is 0.0935. The lowest BCUT2D eigenvalue weighted by Gasteiger charge is -2.14. The van der Waals surface area contributed by atoms with Gasteiger partial charge in [0.25, 0.3) is 5.91 Å². The largest absolute Gasteiger partial charge is 0.384 e. The van der Waals surface area contributed by atoms with E-state index in [1.54, 1.807) is 24.3 Å². The Hall–Kier alpha value is -1.79. The first-order valence-electron chi connectivity index (χ1n) is 6.21. The van der Waals surface area contributed by atoms with Crippen LogP contribution in [0, 0.1) is 11.8 Å². The molecule has 0 aliphatic heterocycles. The van der Waals surface area contributed by atoms with Gasteiger partial charge in [-0.2, -0.15) is 0 Å². The van der Waals surface area contributed by atoms with Gasteiger partial charge in [-0.15, -0.1) is 0 Å². The van der Waals surface area contributed by atoms with Crippen LogP contribution in [0.15, 0.2) is 24.3 Å². The number of benzene rings is 1. The minimum Gasteiger partial charge on any atom is -0.384 e. The minimum absolute atomic E-state index is 0.0506. The molecule has 0 bridgehead atoms. The molecule has 1 aromatic carbocycles. The van der Waals surface area contributed by atoms with Gasteiger partial charge in [-0.3, -0.25) is 4.79 Å². The van der Waals surface area contributed by atoms with E-state index in [0.29, 0.717) is 5.56 Å². The molecule has 0 heterocycles. The average Bonchev–Trinajstić information content (AvgIpc) is 2.42. The summed E-state index contributed by atoms with van der Waals surface area (Å²) in [5.74, 6) is 5.31. The van der Waals surface area contributed by atoms with Crippen molar-refractivity contribution < 1.29 is 9.90 Å². The van der Waals surface area contributed by atoms with Gasteiger partial charge >= 0.3 is 0 Å². The van der Waals surface area contributed by atoms with Crippen molar-refractivity contribution in [3.05, 3.63) is 35.4 Å². The minimum atomic E-state index is -0.156. The van der Waals surface area contributed by atoms with Gasteiger partial charge in [-0.25, -0.2) is 0 Å². The van der Waals surface area contributed by atoms with Crippen LogP contribution >= 0.6 is 0 Å². The number of hydrogen-bond donors (Lipinski definition) is 2. The van der Waals surface area contributed by atoms with Gasteiger partial charge in [0, 0.05) is 17.2 Å². The maximum atomic E-state index is 11.9. The Morgan fingerprint density at radius 3 is 2.39 bits per heavy atom. The number of carbonyl (C=O) groups excluding carboxylic acids is 1. The molecular formula is C15H19NO2. The van der Waals surface area contributed by atoms with Crippen molar-refractivity contribution >= 4 is 5.91 Å². The van der Waals surface area contributed by atoms with Gasteiger partial charge < -0.3 is 10.4 Å².